The van der Waals surface area contributed by atoms with Crippen LogP contribution < -0.4 is 4.74 Å². The van der Waals surface area contributed by atoms with Crippen LogP contribution in [0.25, 0.3) is 0 Å². The molecule has 1 aromatic carbocycles. The molecule has 1 aromatic rings. The molecule has 0 heterocycles. The van der Waals surface area contributed by atoms with Gasteiger partial charge in [-0.15, -0.1) is 0 Å². The number of carbonyl (C=O) groups excluding carboxylic acids is 1. The van der Waals surface area contributed by atoms with Crippen molar-refractivity contribution in [1.82, 2.24) is 0 Å². The van der Waals surface area contributed by atoms with E-state index in [4.69, 9.17) is 4.74 Å². The van der Waals surface area contributed by atoms with E-state index in [9.17, 15) is 15.0 Å². The molecule has 4 nitrogen and oxygen atoms in total. The highest BCUT2D eigenvalue weighted by Crippen LogP contribution is 2.60. The van der Waals surface area contributed by atoms with E-state index in [2.05, 4.69) is 6.92 Å². The molecular formula is C21H30O4. The molecule has 0 saturated heterocycles. The number of aliphatic hydroxyl groups is 1. The van der Waals surface area contributed by atoms with Gasteiger partial charge in [-0.05, 0) is 36.2 Å². The Morgan fingerprint density at radius 1 is 1.28 bits per heavy atom. The minimum Gasteiger partial charge on any atom is -0.504 e. The van der Waals surface area contributed by atoms with Crippen LogP contribution in [0.4, 0.5) is 0 Å². The Bertz CT molecular complexity index is 719. The molecule has 3 rings (SSSR count). The number of phenols is 1. The molecule has 1 saturated carbocycles. The number of aliphatic hydroxyl groups excluding tert-OH is 1. The molecule has 4 heteroatoms. The Morgan fingerprint density at radius 3 is 2.48 bits per heavy atom. The molecule has 25 heavy (non-hydrogen) atoms. The molecule has 138 valence electrons. The first kappa shape index (κ1) is 18.2. The van der Waals surface area contributed by atoms with Crippen molar-refractivity contribution in [3.63, 3.8) is 0 Å². The summed E-state index contributed by atoms with van der Waals surface area (Å²) in [5.41, 5.74) is 1.49. The summed E-state index contributed by atoms with van der Waals surface area (Å²) in [6.07, 6.45) is 1.40. The maximum absolute atomic E-state index is 13.0. The summed E-state index contributed by atoms with van der Waals surface area (Å²) in [7, 11) is 1.56. The Labute approximate surface area is 150 Å². The second-order valence-electron chi connectivity index (χ2n) is 8.90. The summed E-state index contributed by atoms with van der Waals surface area (Å²) in [6.45, 7) is 10.3. The second kappa shape index (κ2) is 5.73. The predicted octanol–water partition coefficient (Wildman–Crippen LogP) is 4.17. The van der Waals surface area contributed by atoms with Crippen LogP contribution in [0, 0.1) is 11.3 Å². The zero-order valence-corrected chi connectivity index (χ0v) is 16.1. The summed E-state index contributed by atoms with van der Waals surface area (Å²) in [4.78, 5) is 13.0. The number of fused-ring (bicyclic) bond motifs is 3. The van der Waals surface area contributed by atoms with Gasteiger partial charge in [0.1, 0.15) is 0 Å². The number of methoxy groups -OCH3 is 1. The molecule has 2 aliphatic rings. The highest BCUT2D eigenvalue weighted by molar-refractivity contribution is 6.01. The first-order chi connectivity index (χ1) is 11.6. The van der Waals surface area contributed by atoms with Gasteiger partial charge in [0.15, 0.2) is 17.3 Å². The maximum Gasteiger partial charge on any atom is 0.164 e. The van der Waals surface area contributed by atoms with Gasteiger partial charge in [0.25, 0.3) is 0 Å². The lowest BCUT2D eigenvalue weighted by Crippen LogP contribution is -2.54. The van der Waals surface area contributed by atoms with Crippen molar-refractivity contribution in [3.05, 3.63) is 22.8 Å². The van der Waals surface area contributed by atoms with Gasteiger partial charge >= 0.3 is 0 Å². The van der Waals surface area contributed by atoms with Crippen LogP contribution in [0.5, 0.6) is 11.5 Å². The van der Waals surface area contributed by atoms with Crippen molar-refractivity contribution in [2.24, 2.45) is 11.3 Å². The molecule has 0 aliphatic heterocycles. The number of rotatable bonds is 2. The van der Waals surface area contributed by atoms with Crippen molar-refractivity contribution in [3.8, 4) is 11.5 Å². The number of aromatic hydroxyl groups is 1. The predicted molar refractivity (Wildman–Crippen MR) is 97.6 cm³/mol. The minimum atomic E-state index is -0.432. The summed E-state index contributed by atoms with van der Waals surface area (Å²) < 4.78 is 5.53. The van der Waals surface area contributed by atoms with Gasteiger partial charge in [-0.25, -0.2) is 0 Å². The van der Waals surface area contributed by atoms with E-state index < -0.39 is 6.10 Å². The van der Waals surface area contributed by atoms with Gasteiger partial charge in [-0.3, -0.25) is 4.79 Å². The van der Waals surface area contributed by atoms with E-state index in [0.717, 1.165) is 17.5 Å². The topological polar surface area (TPSA) is 66.8 Å². The summed E-state index contributed by atoms with van der Waals surface area (Å²) in [5.74, 6) is 0.779. The third-order valence-electron chi connectivity index (χ3n) is 6.83. The van der Waals surface area contributed by atoms with E-state index in [1.54, 1.807) is 7.11 Å². The molecule has 0 aromatic heterocycles. The van der Waals surface area contributed by atoms with E-state index in [-0.39, 0.29) is 34.2 Å². The van der Waals surface area contributed by atoms with Gasteiger partial charge < -0.3 is 14.9 Å². The lowest BCUT2D eigenvalue weighted by atomic mass is 9.49. The van der Waals surface area contributed by atoms with Crippen LogP contribution in [0.2, 0.25) is 0 Å². The number of phenolic OH excluding ortho intramolecular Hbond substituents is 1. The Hall–Kier alpha value is -1.55. The highest BCUT2D eigenvalue weighted by Gasteiger charge is 2.56. The van der Waals surface area contributed by atoms with E-state index >= 15 is 0 Å². The number of Topliss-reactive ketones (excluding diaryl/α,β-unsaturated/α-hetero) is 1. The monoisotopic (exact) mass is 346 g/mol. The molecule has 0 radical (unpaired) electrons. The van der Waals surface area contributed by atoms with Gasteiger partial charge in [0, 0.05) is 28.5 Å². The Balaban J connectivity index is 2.29. The van der Waals surface area contributed by atoms with Crippen molar-refractivity contribution >= 4 is 5.78 Å². The average molecular weight is 346 g/mol. The number of hydrogen-bond acceptors (Lipinski definition) is 4. The average Bonchev–Trinajstić information content (AvgIpc) is 2.53. The fourth-order valence-electron chi connectivity index (χ4n) is 5.23. The molecular weight excluding hydrogens is 316 g/mol. The molecule has 0 spiro atoms. The smallest absolute Gasteiger partial charge is 0.164 e. The third kappa shape index (κ3) is 2.41. The van der Waals surface area contributed by atoms with Crippen molar-refractivity contribution in [1.29, 1.82) is 0 Å². The van der Waals surface area contributed by atoms with E-state index in [1.165, 1.54) is 0 Å². The molecule has 0 amide bonds. The number of hydrogen-bond donors (Lipinski definition) is 2. The van der Waals surface area contributed by atoms with Crippen LogP contribution in [0.1, 0.15) is 81.3 Å². The van der Waals surface area contributed by atoms with Gasteiger partial charge in [-0.2, -0.15) is 0 Å². The summed E-state index contributed by atoms with van der Waals surface area (Å²) in [5, 5.41) is 21.6. The van der Waals surface area contributed by atoms with E-state index in [1.807, 2.05) is 33.8 Å². The van der Waals surface area contributed by atoms with E-state index in [0.29, 0.717) is 24.2 Å². The van der Waals surface area contributed by atoms with Gasteiger partial charge in [0.2, 0.25) is 0 Å². The number of benzene rings is 1. The third-order valence-corrected chi connectivity index (χ3v) is 6.83. The largest absolute Gasteiger partial charge is 0.504 e. The van der Waals surface area contributed by atoms with Crippen molar-refractivity contribution < 1.29 is 19.7 Å². The number of carbonyl (C=O) groups is 1. The zero-order valence-electron chi connectivity index (χ0n) is 16.1. The van der Waals surface area contributed by atoms with Crippen molar-refractivity contribution in [2.45, 2.75) is 71.3 Å². The summed E-state index contributed by atoms with van der Waals surface area (Å²) in [6, 6.07) is 1.92. The van der Waals surface area contributed by atoms with Crippen LogP contribution >= 0.6 is 0 Å². The zero-order chi connectivity index (χ0) is 18.7. The number of ether oxygens (including phenoxy) is 1. The second-order valence-corrected chi connectivity index (χ2v) is 8.90. The fraction of sp³-hybridized carbons (Fsp3) is 0.667. The SMILES string of the molecule is COc1c(C(C)C)cc2c(c1O)C1(C)CCC(O)C(C)(C)C1CC2=O. The molecule has 3 atom stereocenters. The number of ketones is 1. The molecule has 3 unspecified atom stereocenters. The molecule has 1 fully saturated rings. The highest BCUT2D eigenvalue weighted by atomic mass is 16.5. The van der Waals surface area contributed by atoms with Gasteiger partial charge in [0.05, 0.1) is 13.2 Å². The first-order valence-corrected chi connectivity index (χ1v) is 9.21. The normalized spacial score (nSPS) is 30.8. The maximum atomic E-state index is 13.0. The van der Waals surface area contributed by atoms with Gasteiger partial charge in [-0.1, -0.05) is 34.6 Å². The standard InChI is InChI=1S/C21H30O4/c1-11(2)12-9-13-14(22)10-15-20(3,4)16(23)7-8-21(15,5)17(13)18(24)19(12)25-6/h9,11,15-16,23-24H,7-8,10H2,1-6H3. The quantitative estimate of drug-likeness (QED) is 0.843. The molecule has 0 bridgehead atoms. The van der Waals surface area contributed by atoms with Crippen LogP contribution in [0.15, 0.2) is 6.07 Å². The van der Waals surface area contributed by atoms with Crippen LogP contribution in [0.3, 0.4) is 0 Å². The molecule has 2 N–H and O–H groups in total. The van der Waals surface area contributed by atoms with Crippen molar-refractivity contribution in [2.75, 3.05) is 7.11 Å². The summed E-state index contributed by atoms with van der Waals surface area (Å²) >= 11 is 0. The Morgan fingerprint density at radius 2 is 1.92 bits per heavy atom. The fourth-order valence-corrected chi connectivity index (χ4v) is 5.23. The van der Waals surface area contributed by atoms with Crippen LogP contribution in [-0.4, -0.2) is 29.2 Å². The Kier molecular flexibility index (Phi) is 4.18. The lowest BCUT2D eigenvalue weighted by Gasteiger charge is -2.55. The first-order valence-electron chi connectivity index (χ1n) is 9.21. The lowest BCUT2D eigenvalue weighted by molar-refractivity contribution is -0.0692. The van der Waals surface area contributed by atoms with Crippen LogP contribution in [-0.2, 0) is 5.41 Å². The molecule has 2 aliphatic carbocycles. The minimum absolute atomic E-state index is 0.00995.